The maximum absolute atomic E-state index is 12.5. The third-order valence-corrected chi connectivity index (χ3v) is 4.14. The van der Waals surface area contributed by atoms with Gasteiger partial charge in [0.15, 0.2) is 17.3 Å². The lowest BCUT2D eigenvalue weighted by atomic mass is 9.93. The summed E-state index contributed by atoms with van der Waals surface area (Å²) in [6, 6.07) is 14.0. The van der Waals surface area contributed by atoms with Crippen LogP contribution in [0.1, 0.15) is 43.1 Å². The molecule has 0 saturated carbocycles. The van der Waals surface area contributed by atoms with Gasteiger partial charge < -0.3 is 15.5 Å². The number of ketones is 1. The van der Waals surface area contributed by atoms with E-state index in [2.05, 4.69) is 31.3 Å². The van der Waals surface area contributed by atoms with Gasteiger partial charge in [-0.2, -0.15) is 0 Å². The summed E-state index contributed by atoms with van der Waals surface area (Å²) in [6.45, 7) is 5.97. The van der Waals surface area contributed by atoms with Crippen LogP contribution in [0.3, 0.4) is 0 Å². The molecule has 0 fully saturated rings. The van der Waals surface area contributed by atoms with Crippen molar-refractivity contribution in [3.05, 3.63) is 59.7 Å². The Kier molecular flexibility index (Phi) is 5.62. The van der Waals surface area contributed by atoms with Gasteiger partial charge in [0.05, 0.1) is 6.04 Å². The summed E-state index contributed by atoms with van der Waals surface area (Å²) < 4.78 is 0. The van der Waals surface area contributed by atoms with Gasteiger partial charge in [-0.15, -0.1) is 0 Å². The van der Waals surface area contributed by atoms with Crippen LogP contribution in [0, 0.1) is 0 Å². The second-order valence-corrected chi connectivity index (χ2v) is 6.80. The first-order chi connectivity index (χ1) is 11.3. The maximum atomic E-state index is 12.5. The van der Waals surface area contributed by atoms with Crippen molar-refractivity contribution in [3.63, 3.8) is 0 Å². The van der Waals surface area contributed by atoms with Crippen molar-refractivity contribution in [3.8, 4) is 11.5 Å². The summed E-state index contributed by atoms with van der Waals surface area (Å²) in [6.07, 6.45) is 1.83. The Morgan fingerprint density at radius 1 is 1.08 bits per heavy atom. The second-order valence-electron chi connectivity index (χ2n) is 6.80. The number of rotatable bonds is 7. The molecular formula is C20H25NO3. The van der Waals surface area contributed by atoms with E-state index in [0.717, 1.165) is 12.8 Å². The fourth-order valence-corrected chi connectivity index (χ4v) is 2.75. The Hall–Kier alpha value is -2.33. The van der Waals surface area contributed by atoms with E-state index in [1.54, 1.807) is 0 Å². The Labute approximate surface area is 143 Å². The first kappa shape index (κ1) is 18.0. The molecule has 0 aliphatic heterocycles. The minimum atomic E-state index is -0.389. The van der Waals surface area contributed by atoms with E-state index in [1.165, 1.54) is 23.8 Å². The summed E-state index contributed by atoms with van der Waals surface area (Å²) in [5.41, 5.74) is 1.45. The number of aromatic hydroxyl groups is 2. The lowest BCUT2D eigenvalue weighted by Gasteiger charge is -2.30. The number of hydrogen-bond acceptors (Lipinski definition) is 4. The largest absolute Gasteiger partial charge is 0.504 e. The van der Waals surface area contributed by atoms with Crippen molar-refractivity contribution in [2.24, 2.45) is 0 Å². The molecule has 0 aliphatic rings. The highest BCUT2D eigenvalue weighted by molar-refractivity contribution is 6.00. The minimum Gasteiger partial charge on any atom is -0.504 e. The summed E-state index contributed by atoms with van der Waals surface area (Å²) in [4.78, 5) is 12.5. The summed E-state index contributed by atoms with van der Waals surface area (Å²) in [5, 5.41) is 22.3. The quantitative estimate of drug-likeness (QED) is 0.536. The van der Waals surface area contributed by atoms with Crippen molar-refractivity contribution in [1.29, 1.82) is 0 Å². The molecule has 0 heterocycles. The van der Waals surface area contributed by atoms with Crippen LogP contribution in [-0.4, -0.2) is 27.6 Å². The fourth-order valence-electron chi connectivity index (χ4n) is 2.75. The molecule has 0 amide bonds. The summed E-state index contributed by atoms with van der Waals surface area (Å²) in [7, 11) is 0. The number of aryl methyl sites for hydroxylation is 1. The summed E-state index contributed by atoms with van der Waals surface area (Å²) >= 11 is 0. The highest BCUT2D eigenvalue weighted by Gasteiger charge is 2.24. The van der Waals surface area contributed by atoms with Gasteiger partial charge in [0.25, 0.3) is 0 Å². The van der Waals surface area contributed by atoms with E-state index in [9.17, 15) is 15.0 Å². The minimum absolute atomic E-state index is 0.113. The topological polar surface area (TPSA) is 69.6 Å². The molecule has 0 spiro atoms. The van der Waals surface area contributed by atoms with Crippen LogP contribution >= 0.6 is 0 Å². The lowest BCUT2D eigenvalue weighted by molar-refractivity contribution is 0.0930. The van der Waals surface area contributed by atoms with E-state index >= 15 is 0 Å². The van der Waals surface area contributed by atoms with Crippen molar-refractivity contribution in [2.75, 3.05) is 0 Å². The molecule has 24 heavy (non-hydrogen) atoms. The predicted octanol–water partition coefficient (Wildman–Crippen LogP) is 3.67. The molecule has 2 rings (SSSR count). The third kappa shape index (κ3) is 4.83. The van der Waals surface area contributed by atoms with Gasteiger partial charge in [-0.3, -0.25) is 4.79 Å². The molecule has 2 aromatic rings. The Bertz CT molecular complexity index is 695. The molecule has 128 valence electrons. The van der Waals surface area contributed by atoms with Crippen LogP contribution in [-0.2, 0) is 6.42 Å². The van der Waals surface area contributed by atoms with Gasteiger partial charge in [0, 0.05) is 11.1 Å². The number of phenolic OH excluding ortho intramolecular Hbond substituents is 2. The molecule has 1 unspecified atom stereocenters. The van der Waals surface area contributed by atoms with E-state index < -0.39 is 0 Å². The zero-order chi connectivity index (χ0) is 17.7. The maximum Gasteiger partial charge on any atom is 0.179 e. The number of hydrogen-bond donors (Lipinski definition) is 3. The number of benzene rings is 2. The highest BCUT2D eigenvalue weighted by Crippen LogP contribution is 2.25. The van der Waals surface area contributed by atoms with Gasteiger partial charge in [-0.25, -0.2) is 0 Å². The first-order valence-corrected chi connectivity index (χ1v) is 8.16. The third-order valence-electron chi connectivity index (χ3n) is 4.14. The van der Waals surface area contributed by atoms with Crippen LogP contribution in [0.4, 0.5) is 0 Å². The SMILES string of the molecule is CC(NC(C)(C)CCc1ccccc1)C(=O)c1ccc(O)c(O)c1. The molecule has 0 aliphatic carbocycles. The van der Waals surface area contributed by atoms with Crippen molar-refractivity contribution < 1.29 is 15.0 Å². The van der Waals surface area contributed by atoms with E-state index in [0.29, 0.717) is 5.56 Å². The highest BCUT2D eigenvalue weighted by atomic mass is 16.3. The monoisotopic (exact) mass is 327 g/mol. The molecular weight excluding hydrogens is 302 g/mol. The van der Waals surface area contributed by atoms with Crippen LogP contribution < -0.4 is 5.32 Å². The van der Waals surface area contributed by atoms with Gasteiger partial charge in [0.2, 0.25) is 0 Å². The molecule has 0 bridgehead atoms. The molecule has 4 nitrogen and oxygen atoms in total. The fraction of sp³-hybridized carbons (Fsp3) is 0.350. The number of carbonyl (C=O) groups excluding carboxylic acids is 1. The molecule has 0 radical (unpaired) electrons. The number of carbonyl (C=O) groups is 1. The van der Waals surface area contributed by atoms with Crippen LogP contribution in [0.25, 0.3) is 0 Å². The van der Waals surface area contributed by atoms with E-state index in [1.807, 2.05) is 25.1 Å². The van der Waals surface area contributed by atoms with Crippen LogP contribution in [0.15, 0.2) is 48.5 Å². The van der Waals surface area contributed by atoms with E-state index in [-0.39, 0.29) is 28.9 Å². The zero-order valence-corrected chi connectivity index (χ0v) is 14.4. The van der Waals surface area contributed by atoms with Crippen LogP contribution in [0.5, 0.6) is 11.5 Å². The number of nitrogens with one attached hydrogen (secondary N) is 1. The average Bonchev–Trinajstić information content (AvgIpc) is 2.55. The molecule has 0 aromatic heterocycles. The molecule has 2 aromatic carbocycles. The van der Waals surface area contributed by atoms with Gasteiger partial charge in [-0.05, 0) is 57.4 Å². The molecule has 0 saturated heterocycles. The normalized spacial score (nSPS) is 12.8. The van der Waals surface area contributed by atoms with Crippen molar-refractivity contribution in [1.82, 2.24) is 5.32 Å². The average molecular weight is 327 g/mol. The van der Waals surface area contributed by atoms with Gasteiger partial charge >= 0.3 is 0 Å². The molecule has 1 atom stereocenters. The second kappa shape index (κ2) is 7.49. The van der Waals surface area contributed by atoms with Crippen molar-refractivity contribution in [2.45, 2.75) is 45.2 Å². The zero-order valence-electron chi connectivity index (χ0n) is 14.4. The molecule has 4 heteroatoms. The number of phenols is 2. The van der Waals surface area contributed by atoms with Crippen LogP contribution in [0.2, 0.25) is 0 Å². The Morgan fingerprint density at radius 2 is 1.75 bits per heavy atom. The predicted molar refractivity (Wildman–Crippen MR) is 95.5 cm³/mol. The Morgan fingerprint density at radius 3 is 2.38 bits per heavy atom. The van der Waals surface area contributed by atoms with Gasteiger partial charge in [-0.1, -0.05) is 30.3 Å². The lowest BCUT2D eigenvalue weighted by Crippen LogP contribution is -2.48. The van der Waals surface area contributed by atoms with Gasteiger partial charge in [0.1, 0.15) is 0 Å². The van der Waals surface area contributed by atoms with E-state index in [4.69, 9.17) is 0 Å². The Balaban J connectivity index is 1.97. The molecule has 3 N–H and O–H groups in total. The smallest absolute Gasteiger partial charge is 0.179 e. The standard InChI is InChI=1S/C20H25NO3/c1-14(19(24)16-9-10-17(22)18(23)13-16)21-20(2,3)12-11-15-7-5-4-6-8-15/h4-10,13-14,21-23H,11-12H2,1-3H3. The van der Waals surface area contributed by atoms with Crippen molar-refractivity contribution >= 4 is 5.78 Å². The summed E-state index contributed by atoms with van der Waals surface area (Å²) in [5.74, 6) is -0.621. The number of Topliss-reactive ketones (excluding diaryl/α,β-unsaturated/α-hetero) is 1. The first-order valence-electron chi connectivity index (χ1n) is 8.16.